The molecular weight excluding hydrogens is 324 g/mol. The molecule has 0 aromatic carbocycles. The fourth-order valence-electron chi connectivity index (χ4n) is 1.31. The predicted octanol–water partition coefficient (Wildman–Crippen LogP) is 1.97. The predicted molar refractivity (Wildman–Crippen MR) is 47.3 cm³/mol. The molecule has 0 aliphatic carbocycles. The van der Waals surface area contributed by atoms with Crippen LogP contribution in [0.2, 0.25) is 4.13 Å². The van der Waals surface area contributed by atoms with Gasteiger partial charge < -0.3 is 0 Å². The van der Waals surface area contributed by atoms with Crippen LogP contribution in [0, 0.1) is 0 Å². The molecule has 1 fully saturated rings. The molecule has 1 rings (SSSR count). The monoisotopic (exact) mass is 339 g/mol. The summed E-state index contributed by atoms with van der Waals surface area (Å²) in [6.07, 6.45) is 9.48. The summed E-state index contributed by atoms with van der Waals surface area (Å²) in [5.41, 5.74) is 0. The van der Waals surface area contributed by atoms with Crippen molar-refractivity contribution in [2.45, 2.75) is 23.4 Å². The van der Waals surface area contributed by atoms with Gasteiger partial charge in [-0.2, -0.15) is 0 Å². The summed E-state index contributed by atoms with van der Waals surface area (Å²) in [6.45, 7) is 0. The molecule has 2 heteroatoms. The molecule has 0 N–H and O–H groups in total. The van der Waals surface area contributed by atoms with Gasteiger partial charge in [0.25, 0.3) is 0 Å². The van der Waals surface area contributed by atoms with Crippen LogP contribution in [0.5, 0.6) is 0 Å². The summed E-state index contributed by atoms with van der Waals surface area (Å²) in [4.78, 5) is 0. The summed E-state index contributed by atoms with van der Waals surface area (Å²) >= 11 is 1.43. The van der Waals surface area contributed by atoms with Gasteiger partial charge in [-0.15, -0.1) is 0 Å². The van der Waals surface area contributed by atoms with Crippen molar-refractivity contribution in [1.29, 1.82) is 0 Å². The van der Waals surface area contributed by atoms with Crippen LogP contribution in [-0.4, -0.2) is 43.2 Å². The number of rotatable bonds is 3. The molecule has 53 valence electrons. The molecule has 0 aromatic heterocycles. The SMILES string of the molecule is [BiH][CH2]CCP1CCCC1. The molecule has 1 aliphatic heterocycles. The van der Waals surface area contributed by atoms with Crippen LogP contribution in [0.15, 0.2) is 0 Å². The van der Waals surface area contributed by atoms with E-state index in [1.54, 1.807) is 41.9 Å². The minimum absolute atomic E-state index is 0.571. The zero-order chi connectivity index (χ0) is 6.53. The van der Waals surface area contributed by atoms with E-state index < -0.39 is 0 Å². The summed E-state index contributed by atoms with van der Waals surface area (Å²) in [5.74, 6) is 0. The molecule has 1 radical (unpaired) electrons. The first kappa shape index (κ1) is 8.41. The minimum atomic E-state index is 0.571. The van der Waals surface area contributed by atoms with Gasteiger partial charge in [-0.25, -0.2) is 0 Å². The second-order valence-corrected chi connectivity index (χ2v) is 7.28. The Morgan fingerprint density at radius 2 is 1.89 bits per heavy atom. The van der Waals surface area contributed by atoms with Crippen molar-refractivity contribution in [1.82, 2.24) is 0 Å². The Labute approximate surface area is 74.4 Å². The Hall–Kier alpha value is 1.31. The molecule has 0 unspecified atom stereocenters. The van der Waals surface area contributed by atoms with E-state index in [0.29, 0.717) is 7.92 Å². The van der Waals surface area contributed by atoms with Gasteiger partial charge in [0, 0.05) is 0 Å². The first-order chi connectivity index (χ1) is 4.43. The first-order valence-electron chi connectivity index (χ1n) is 3.80. The standard InChI is InChI=1S/C7H14P.Bi.H/c1-2-5-8-6-3-4-7-8;;/h1-7H2;;. The zero-order valence-corrected chi connectivity index (χ0v) is 10.7. The first-order valence-corrected chi connectivity index (χ1v) is 8.45. The van der Waals surface area contributed by atoms with E-state index in [0.717, 1.165) is 0 Å². The van der Waals surface area contributed by atoms with Crippen LogP contribution in [0.25, 0.3) is 0 Å². The van der Waals surface area contributed by atoms with Crippen molar-refractivity contribution in [2.24, 2.45) is 0 Å². The third-order valence-corrected chi connectivity index (χ3v) is 6.07. The van der Waals surface area contributed by atoms with Crippen LogP contribution < -0.4 is 0 Å². The van der Waals surface area contributed by atoms with E-state index in [4.69, 9.17) is 0 Å². The molecule has 1 heterocycles. The van der Waals surface area contributed by atoms with Crippen molar-refractivity contribution in [3.8, 4) is 0 Å². The quantitative estimate of drug-likeness (QED) is 0.545. The van der Waals surface area contributed by atoms with E-state index in [1.165, 1.54) is 24.7 Å². The maximum absolute atomic E-state index is 1.61. The van der Waals surface area contributed by atoms with Gasteiger partial charge in [-0.3, -0.25) is 0 Å². The second kappa shape index (κ2) is 5.03. The van der Waals surface area contributed by atoms with Crippen LogP contribution in [-0.2, 0) is 0 Å². The van der Waals surface area contributed by atoms with Gasteiger partial charge in [0.15, 0.2) is 0 Å². The maximum atomic E-state index is 1.61. The molecule has 0 aromatic rings. The molecule has 0 saturated carbocycles. The van der Waals surface area contributed by atoms with Gasteiger partial charge in [-0.05, 0) is 0 Å². The van der Waals surface area contributed by atoms with Gasteiger partial charge in [0.05, 0.1) is 0 Å². The molecule has 0 atom stereocenters. The molecular formula is C7H15BiP. The molecule has 0 spiro atoms. The van der Waals surface area contributed by atoms with E-state index in [1.807, 2.05) is 0 Å². The van der Waals surface area contributed by atoms with E-state index >= 15 is 0 Å². The summed E-state index contributed by atoms with van der Waals surface area (Å²) in [6, 6.07) is 0. The zero-order valence-electron chi connectivity index (χ0n) is 5.90. The molecule has 9 heavy (non-hydrogen) atoms. The number of hydrogen-bond donors (Lipinski definition) is 0. The van der Waals surface area contributed by atoms with Crippen LogP contribution in [0.1, 0.15) is 19.3 Å². The Kier molecular flexibility index (Phi) is 4.70. The normalized spacial score (nSPS) is 21.0. The molecule has 1 saturated heterocycles. The summed E-state index contributed by atoms with van der Waals surface area (Å²) < 4.78 is 1.54. The molecule has 0 bridgehead atoms. The fraction of sp³-hybridized carbons (Fsp3) is 1.00. The van der Waals surface area contributed by atoms with Crippen molar-refractivity contribution in [2.75, 3.05) is 18.5 Å². The van der Waals surface area contributed by atoms with E-state index in [9.17, 15) is 0 Å². The van der Waals surface area contributed by atoms with Crippen molar-refractivity contribution in [3.63, 3.8) is 0 Å². The summed E-state index contributed by atoms with van der Waals surface area (Å²) in [7, 11) is 0.571. The average molecular weight is 339 g/mol. The van der Waals surface area contributed by atoms with Gasteiger partial charge in [0.1, 0.15) is 0 Å². The Bertz CT molecular complexity index is 69.3. The molecule has 0 nitrogen and oxygen atoms in total. The second-order valence-electron chi connectivity index (χ2n) is 2.65. The van der Waals surface area contributed by atoms with Crippen LogP contribution >= 0.6 is 7.92 Å². The van der Waals surface area contributed by atoms with Crippen molar-refractivity contribution < 1.29 is 0 Å². The van der Waals surface area contributed by atoms with Crippen LogP contribution in [0.4, 0.5) is 0 Å². The topological polar surface area (TPSA) is 0 Å². The van der Waals surface area contributed by atoms with Crippen LogP contribution in [0.3, 0.4) is 0 Å². The number of hydrogen-bond acceptors (Lipinski definition) is 0. The van der Waals surface area contributed by atoms with E-state index in [-0.39, 0.29) is 0 Å². The van der Waals surface area contributed by atoms with Gasteiger partial charge >= 0.3 is 74.5 Å². The third-order valence-electron chi connectivity index (χ3n) is 1.85. The summed E-state index contributed by atoms with van der Waals surface area (Å²) in [5, 5.41) is 0. The van der Waals surface area contributed by atoms with Crippen molar-refractivity contribution in [3.05, 3.63) is 0 Å². The molecule has 1 aliphatic rings. The van der Waals surface area contributed by atoms with Gasteiger partial charge in [-0.1, -0.05) is 0 Å². The fourth-order valence-corrected chi connectivity index (χ4v) is 5.77. The Morgan fingerprint density at radius 1 is 1.22 bits per heavy atom. The molecule has 0 amide bonds. The Balaban J connectivity index is 1.98. The Morgan fingerprint density at radius 3 is 2.44 bits per heavy atom. The van der Waals surface area contributed by atoms with E-state index in [2.05, 4.69) is 0 Å². The van der Waals surface area contributed by atoms with Gasteiger partial charge in [0.2, 0.25) is 0 Å². The third kappa shape index (κ3) is 3.29. The average Bonchev–Trinajstić information content (AvgIpc) is 2.34. The van der Waals surface area contributed by atoms with Crippen molar-refractivity contribution >= 4 is 32.6 Å².